The minimum Gasteiger partial charge on any atom is -0.329 e. The first-order chi connectivity index (χ1) is 5.95. The van der Waals surface area contributed by atoms with Gasteiger partial charge in [-0.25, -0.2) is 4.98 Å². The quantitative estimate of drug-likeness (QED) is 0.683. The lowest BCUT2D eigenvalue weighted by atomic mass is 10.1. The number of hydrogen-bond acceptors (Lipinski definition) is 1. The van der Waals surface area contributed by atoms with Crippen LogP contribution in [0.4, 0.5) is 0 Å². The largest absolute Gasteiger partial charge is 0.329 e. The van der Waals surface area contributed by atoms with Gasteiger partial charge in [-0.2, -0.15) is 0 Å². The Kier molecular flexibility index (Phi) is 2.79. The summed E-state index contributed by atoms with van der Waals surface area (Å²) in [6.07, 6.45) is 0. The van der Waals surface area contributed by atoms with Gasteiger partial charge in [0.1, 0.15) is 5.82 Å². The van der Waals surface area contributed by atoms with Crippen molar-refractivity contribution >= 4 is 0 Å². The molecule has 0 saturated heterocycles. The molecule has 0 saturated carbocycles. The van der Waals surface area contributed by atoms with Crippen LogP contribution in [-0.4, -0.2) is 9.55 Å². The van der Waals surface area contributed by atoms with Gasteiger partial charge in [-0.05, 0) is 33.6 Å². The third-order valence-electron chi connectivity index (χ3n) is 2.37. The van der Waals surface area contributed by atoms with Crippen LogP contribution >= 0.6 is 0 Å². The maximum Gasteiger partial charge on any atom is 0.106 e. The fourth-order valence-corrected chi connectivity index (χ4v) is 2.05. The van der Waals surface area contributed by atoms with E-state index in [9.17, 15) is 0 Å². The van der Waals surface area contributed by atoms with Crippen LogP contribution in [0.2, 0.25) is 0 Å². The van der Waals surface area contributed by atoms with E-state index >= 15 is 0 Å². The minimum absolute atomic E-state index is 0.513. The molecule has 0 fully saturated rings. The molecule has 0 aliphatic rings. The minimum atomic E-state index is 0.513. The molecule has 2 heteroatoms. The van der Waals surface area contributed by atoms with Gasteiger partial charge in [-0.15, -0.1) is 0 Å². The highest BCUT2D eigenvalue weighted by atomic mass is 15.1. The summed E-state index contributed by atoms with van der Waals surface area (Å²) < 4.78 is 2.33. The molecule has 2 nitrogen and oxygen atoms in total. The van der Waals surface area contributed by atoms with Gasteiger partial charge in [0.15, 0.2) is 0 Å². The Labute approximate surface area is 81.0 Å². The van der Waals surface area contributed by atoms with Crippen LogP contribution in [0.3, 0.4) is 0 Å². The lowest BCUT2D eigenvalue weighted by Crippen LogP contribution is -2.09. The monoisotopic (exact) mass is 180 g/mol. The van der Waals surface area contributed by atoms with Gasteiger partial charge in [0.25, 0.3) is 0 Å². The molecular formula is C11H20N2. The molecule has 0 amide bonds. The van der Waals surface area contributed by atoms with Gasteiger partial charge in [0.05, 0.1) is 5.69 Å². The third-order valence-corrected chi connectivity index (χ3v) is 2.37. The third kappa shape index (κ3) is 1.77. The van der Waals surface area contributed by atoms with Crippen molar-refractivity contribution in [2.24, 2.45) is 0 Å². The zero-order valence-corrected chi connectivity index (χ0v) is 9.55. The summed E-state index contributed by atoms with van der Waals surface area (Å²) in [4.78, 5) is 4.52. The lowest BCUT2D eigenvalue weighted by Gasteiger charge is -2.16. The summed E-state index contributed by atoms with van der Waals surface area (Å²) in [5, 5.41) is 0. The van der Waals surface area contributed by atoms with Crippen LogP contribution < -0.4 is 0 Å². The molecule has 0 atom stereocenters. The van der Waals surface area contributed by atoms with Crippen molar-refractivity contribution in [2.45, 2.75) is 53.5 Å². The molecular weight excluding hydrogens is 160 g/mol. The van der Waals surface area contributed by atoms with Gasteiger partial charge in [-0.1, -0.05) is 13.8 Å². The molecule has 1 rings (SSSR count). The van der Waals surface area contributed by atoms with Crippen LogP contribution in [0, 0.1) is 13.8 Å². The van der Waals surface area contributed by atoms with Gasteiger partial charge in [-0.3, -0.25) is 0 Å². The van der Waals surface area contributed by atoms with Crippen LogP contribution in [0.25, 0.3) is 0 Å². The van der Waals surface area contributed by atoms with E-state index in [2.05, 4.69) is 51.1 Å². The molecule has 0 aliphatic heterocycles. The molecule has 0 radical (unpaired) electrons. The smallest absolute Gasteiger partial charge is 0.106 e. The standard InChI is InChI=1S/C11H20N2/c1-7(2)11-9(5)12-10(6)13(11)8(3)4/h7-8H,1-6H3. The second-order valence-electron chi connectivity index (χ2n) is 4.25. The number of rotatable bonds is 2. The van der Waals surface area contributed by atoms with E-state index in [1.807, 2.05) is 0 Å². The fourth-order valence-electron chi connectivity index (χ4n) is 2.05. The molecule has 1 heterocycles. The molecule has 13 heavy (non-hydrogen) atoms. The van der Waals surface area contributed by atoms with Gasteiger partial charge in [0, 0.05) is 11.7 Å². The van der Waals surface area contributed by atoms with Crippen LogP contribution in [0.5, 0.6) is 0 Å². The summed E-state index contributed by atoms with van der Waals surface area (Å²) in [5.41, 5.74) is 2.56. The molecule has 74 valence electrons. The second-order valence-corrected chi connectivity index (χ2v) is 4.25. The van der Waals surface area contributed by atoms with E-state index in [0.29, 0.717) is 12.0 Å². The normalized spacial score (nSPS) is 11.7. The van der Waals surface area contributed by atoms with E-state index < -0.39 is 0 Å². The Hall–Kier alpha value is -0.790. The Morgan fingerprint density at radius 2 is 1.62 bits per heavy atom. The molecule has 0 aliphatic carbocycles. The van der Waals surface area contributed by atoms with Crippen molar-refractivity contribution in [3.8, 4) is 0 Å². The van der Waals surface area contributed by atoms with Crippen molar-refractivity contribution in [3.05, 3.63) is 17.2 Å². The number of nitrogens with zero attached hydrogens (tertiary/aromatic N) is 2. The topological polar surface area (TPSA) is 17.8 Å². The van der Waals surface area contributed by atoms with Gasteiger partial charge < -0.3 is 4.57 Å². The summed E-state index contributed by atoms with van der Waals surface area (Å²) >= 11 is 0. The molecule has 0 N–H and O–H groups in total. The highest BCUT2D eigenvalue weighted by molar-refractivity contribution is 5.19. The molecule has 0 spiro atoms. The summed E-state index contributed by atoms with van der Waals surface area (Å²) in [7, 11) is 0. The number of hydrogen-bond donors (Lipinski definition) is 0. The van der Waals surface area contributed by atoms with Gasteiger partial charge in [0.2, 0.25) is 0 Å². The van der Waals surface area contributed by atoms with E-state index in [4.69, 9.17) is 0 Å². The Bertz CT molecular complexity index is 267. The average molecular weight is 180 g/mol. The highest BCUT2D eigenvalue weighted by Crippen LogP contribution is 2.23. The van der Waals surface area contributed by atoms with Crippen LogP contribution in [-0.2, 0) is 0 Å². The predicted octanol–water partition coefficient (Wildman–Crippen LogP) is 3.20. The number of imidazole rings is 1. The summed E-state index contributed by atoms with van der Waals surface area (Å²) in [6.45, 7) is 13.0. The van der Waals surface area contributed by atoms with E-state index in [1.165, 1.54) is 11.4 Å². The zero-order valence-electron chi connectivity index (χ0n) is 9.55. The molecule has 1 aromatic rings. The van der Waals surface area contributed by atoms with Crippen LogP contribution in [0.15, 0.2) is 0 Å². The first kappa shape index (κ1) is 10.3. The molecule has 0 unspecified atom stereocenters. The van der Waals surface area contributed by atoms with Crippen molar-refractivity contribution in [1.82, 2.24) is 9.55 Å². The van der Waals surface area contributed by atoms with E-state index in [-0.39, 0.29) is 0 Å². The predicted molar refractivity (Wildman–Crippen MR) is 56.2 cm³/mol. The van der Waals surface area contributed by atoms with Crippen molar-refractivity contribution in [1.29, 1.82) is 0 Å². The zero-order chi connectivity index (χ0) is 10.2. The Balaban J connectivity index is 3.29. The lowest BCUT2D eigenvalue weighted by molar-refractivity contribution is 0.543. The van der Waals surface area contributed by atoms with Crippen molar-refractivity contribution in [2.75, 3.05) is 0 Å². The SMILES string of the molecule is Cc1nc(C)n(C(C)C)c1C(C)C. The highest BCUT2D eigenvalue weighted by Gasteiger charge is 2.15. The van der Waals surface area contributed by atoms with E-state index in [1.54, 1.807) is 0 Å². The van der Waals surface area contributed by atoms with Crippen LogP contribution in [0.1, 0.15) is 56.9 Å². The Morgan fingerprint density at radius 1 is 1.08 bits per heavy atom. The summed E-state index contributed by atoms with van der Waals surface area (Å²) in [6, 6.07) is 0.513. The van der Waals surface area contributed by atoms with E-state index in [0.717, 1.165) is 5.82 Å². The fraction of sp³-hybridized carbons (Fsp3) is 0.727. The maximum atomic E-state index is 4.52. The first-order valence-electron chi connectivity index (χ1n) is 5.00. The van der Waals surface area contributed by atoms with Crippen molar-refractivity contribution in [3.63, 3.8) is 0 Å². The Morgan fingerprint density at radius 3 is 1.92 bits per heavy atom. The average Bonchev–Trinajstić information content (AvgIpc) is 2.24. The second kappa shape index (κ2) is 3.52. The first-order valence-corrected chi connectivity index (χ1v) is 5.00. The molecule has 1 aromatic heterocycles. The van der Waals surface area contributed by atoms with Gasteiger partial charge >= 0.3 is 0 Å². The van der Waals surface area contributed by atoms with Crippen molar-refractivity contribution < 1.29 is 0 Å². The maximum absolute atomic E-state index is 4.52. The molecule has 0 aromatic carbocycles. The molecule has 0 bridgehead atoms. The summed E-state index contributed by atoms with van der Waals surface area (Å²) in [5.74, 6) is 1.69. The number of aryl methyl sites for hydroxylation is 2. The number of aromatic nitrogens is 2.